The highest BCUT2D eigenvalue weighted by Gasteiger charge is 2.42. The lowest BCUT2D eigenvalue weighted by molar-refractivity contribution is -0.385. The van der Waals surface area contributed by atoms with Crippen molar-refractivity contribution in [3.8, 4) is 0 Å². The van der Waals surface area contributed by atoms with Gasteiger partial charge in [0.1, 0.15) is 0 Å². The Morgan fingerprint density at radius 3 is 2.61 bits per heavy atom. The van der Waals surface area contributed by atoms with Crippen molar-refractivity contribution >= 4 is 15.7 Å². The number of aryl methyl sites for hydroxylation is 1. The largest absolute Gasteiger partial charge is 0.270 e. The highest BCUT2D eigenvalue weighted by atomic mass is 32.2. The van der Waals surface area contributed by atoms with Crippen LogP contribution in [0.25, 0.3) is 0 Å². The average Bonchev–Trinajstić information content (AvgIpc) is 3.09. The molecule has 6 nitrogen and oxygen atoms in total. The molecule has 2 bridgehead atoms. The van der Waals surface area contributed by atoms with Crippen molar-refractivity contribution in [3.63, 3.8) is 0 Å². The van der Waals surface area contributed by atoms with E-state index in [1.54, 1.807) is 6.92 Å². The zero-order chi connectivity index (χ0) is 16.8. The molecule has 0 radical (unpaired) electrons. The van der Waals surface area contributed by atoms with Crippen LogP contribution in [0.5, 0.6) is 0 Å². The van der Waals surface area contributed by atoms with Gasteiger partial charge in [-0.05, 0) is 56.4 Å². The van der Waals surface area contributed by atoms with E-state index in [4.69, 9.17) is 0 Å². The predicted molar refractivity (Wildman–Crippen MR) is 86.6 cm³/mol. The summed E-state index contributed by atoms with van der Waals surface area (Å²) >= 11 is 0. The van der Waals surface area contributed by atoms with Crippen molar-refractivity contribution in [1.82, 2.24) is 4.72 Å². The van der Waals surface area contributed by atoms with Crippen molar-refractivity contribution < 1.29 is 13.3 Å². The number of non-ortho nitro benzene ring substituents is 1. The second-order valence-corrected chi connectivity index (χ2v) is 8.64. The van der Waals surface area contributed by atoms with Gasteiger partial charge in [-0.15, -0.1) is 0 Å². The maximum atomic E-state index is 12.7. The minimum Gasteiger partial charge on any atom is -0.258 e. The second-order valence-electron chi connectivity index (χ2n) is 6.96. The fourth-order valence-corrected chi connectivity index (χ4v) is 5.85. The van der Waals surface area contributed by atoms with E-state index in [1.807, 2.05) is 6.92 Å². The number of sulfonamides is 1. The minimum absolute atomic E-state index is 0.00158. The van der Waals surface area contributed by atoms with E-state index in [1.165, 1.54) is 31.4 Å². The van der Waals surface area contributed by atoms with Crippen molar-refractivity contribution in [2.24, 2.45) is 17.8 Å². The van der Waals surface area contributed by atoms with E-state index in [0.29, 0.717) is 17.4 Å². The highest BCUT2D eigenvalue weighted by Crippen LogP contribution is 2.49. The number of nitro benzene ring substituents is 1. The monoisotopic (exact) mass is 338 g/mol. The molecule has 126 valence electrons. The molecule has 7 heteroatoms. The van der Waals surface area contributed by atoms with Gasteiger partial charge in [-0.1, -0.05) is 12.5 Å². The van der Waals surface area contributed by atoms with Gasteiger partial charge in [0, 0.05) is 18.2 Å². The first-order valence-corrected chi connectivity index (χ1v) is 9.53. The maximum Gasteiger partial charge on any atom is 0.270 e. The third-order valence-corrected chi connectivity index (χ3v) is 7.15. The van der Waals surface area contributed by atoms with Crippen LogP contribution in [0.2, 0.25) is 0 Å². The zero-order valence-electron chi connectivity index (χ0n) is 13.4. The van der Waals surface area contributed by atoms with Gasteiger partial charge in [0.25, 0.3) is 5.69 Å². The fraction of sp³-hybridized carbons (Fsp3) is 0.625. The predicted octanol–water partition coefficient (Wildman–Crippen LogP) is 3.01. The summed E-state index contributed by atoms with van der Waals surface area (Å²) in [6.45, 7) is 3.57. The van der Waals surface area contributed by atoms with Crippen molar-refractivity contribution in [2.45, 2.75) is 50.5 Å². The molecule has 1 aromatic carbocycles. The van der Waals surface area contributed by atoms with Gasteiger partial charge in [0.2, 0.25) is 10.0 Å². The zero-order valence-corrected chi connectivity index (χ0v) is 14.2. The SMILES string of the molecule is Cc1ccc([N+](=O)[O-])cc1S(=O)(=O)N[C@@H](C)[C@H]1C[C@@H]2CC[C@@H]1C2. The molecule has 0 aromatic heterocycles. The lowest BCUT2D eigenvalue weighted by Gasteiger charge is -2.28. The second kappa shape index (κ2) is 5.87. The van der Waals surface area contributed by atoms with E-state index in [9.17, 15) is 18.5 Å². The Morgan fingerprint density at radius 1 is 1.30 bits per heavy atom. The summed E-state index contributed by atoms with van der Waals surface area (Å²) in [4.78, 5) is 10.3. The van der Waals surface area contributed by atoms with E-state index >= 15 is 0 Å². The summed E-state index contributed by atoms with van der Waals surface area (Å²) in [7, 11) is -3.75. The molecule has 2 fully saturated rings. The van der Waals surface area contributed by atoms with Gasteiger partial charge >= 0.3 is 0 Å². The van der Waals surface area contributed by atoms with Crippen LogP contribution >= 0.6 is 0 Å². The molecule has 2 aliphatic carbocycles. The molecule has 2 aliphatic rings. The lowest BCUT2D eigenvalue weighted by atomic mass is 9.84. The quantitative estimate of drug-likeness (QED) is 0.660. The Hall–Kier alpha value is -1.47. The van der Waals surface area contributed by atoms with E-state index in [2.05, 4.69) is 4.72 Å². The molecule has 0 unspecified atom stereocenters. The van der Waals surface area contributed by atoms with Crippen LogP contribution in [0.4, 0.5) is 5.69 Å². The molecule has 0 aliphatic heterocycles. The van der Waals surface area contributed by atoms with Gasteiger partial charge in [-0.25, -0.2) is 13.1 Å². The Labute approximate surface area is 136 Å². The Bertz CT molecular complexity index is 732. The molecule has 1 N–H and O–H groups in total. The number of fused-ring (bicyclic) bond motifs is 2. The van der Waals surface area contributed by atoms with Crippen LogP contribution in [0.1, 0.15) is 38.2 Å². The van der Waals surface area contributed by atoms with Crippen LogP contribution in [0, 0.1) is 34.8 Å². The summed E-state index contributed by atoms with van der Waals surface area (Å²) < 4.78 is 28.1. The number of hydrogen-bond acceptors (Lipinski definition) is 4. The van der Waals surface area contributed by atoms with Crippen molar-refractivity contribution in [1.29, 1.82) is 0 Å². The molecule has 1 aromatic rings. The summed E-state index contributed by atoms with van der Waals surface area (Å²) in [5.41, 5.74) is 0.312. The van der Waals surface area contributed by atoms with Crippen molar-refractivity contribution in [2.75, 3.05) is 0 Å². The molecule has 4 atom stereocenters. The first-order chi connectivity index (χ1) is 10.8. The number of hydrogen-bond donors (Lipinski definition) is 1. The summed E-state index contributed by atoms with van der Waals surface area (Å²) in [5.74, 6) is 1.74. The third-order valence-electron chi connectivity index (χ3n) is 5.45. The Balaban J connectivity index is 1.81. The Kier molecular flexibility index (Phi) is 4.18. The summed E-state index contributed by atoms with van der Waals surface area (Å²) in [5, 5.41) is 10.9. The average molecular weight is 338 g/mol. The number of rotatable bonds is 5. The van der Waals surface area contributed by atoms with Crippen LogP contribution in [-0.4, -0.2) is 19.4 Å². The van der Waals surface area contributed by atoms with E-state index < -0.39 is 14.9 Å². The molecule has 2 saturated carbocycles. The summed E-state index contributed by atoms with van der Waals surface area (Å²) in [6.07, 6.45) is 4.76. The summed E-state index contributed by atoms with van der Waals surface area (Å²) in [6, 6.07) is 3.81. The maximum absolute atomic E-state index is 12.7. The molecular weight excluding hydrogens is 316 g/mol. The van der Waals surface area contributed by atoms with Gasteiger partial charge in [-0.2, -0.15) is 0 Å². The van der Waals surface area contributed by atoms with Gasteiger partial charge in [0.05, 0.1) is 9.82 Å². The van der Waals surface area contributed by atoms with E-state index in [-0.39, 0.29) is 16.6 Å². The first-order valence-electron chi connectivity index (χ1n) is 8.05. The van der Waals surface area contributed by atoms with Gasteiger partial charge in [0.15, 0.2) is 0 Å². The molecule has 0 saturated heterocycles. The van der Waals surface area contributed by atoms with Crippen LogP contribution in [0.15, 0.2) is 23.1 Å². The standard InChI is InChI=1S/C16H22N2O4S/c1-10-3-6-14(18(19)20)9-16(10)23(21,22)17-11(2)15-8-12-4-5-13(15)7-12/h3,6,9,11-13,15,17H,4-5,7-8H2,1-2H3/t11-,12+,13+,15+/m0/s1. The molecule has 23 heavy (non-hydrogen) atoms. The first kappa shape index (κ1) is 16.4. The van der Waals surface area contributed by atoms with Crippen molar-refractivity contribution in [3.05, 3.63) is 33.9 Å². The van der Waals surface area contributed by atoms with E-state index in [0.717, 1.165) is 18.4 Å². The number of benzene rings is 1. The minimum atomic E-state index is -3.75. The number of nitrogens with zero attached hydrogens (tertiary/aromatic N) is 1. The Morgan fingerprint density at radius 2 is 2.04 bits per heavy atom. The number of nitro groups is 1. The van der Waals surface area contributed by atoms with Crippen LogP contribution in [-0.2, 0) is 10.0 Å². The molecule has 0 spiro atoms. The molecule has 0 amide bonds. The third kappa shape index (κ3) is 3.12. The normalized spacial score (nSPS) is 28.0. The molecule has 3 rings (SSSR count). The molecule has 0 heterocycles. The lowest BCUT2D eigenvalue weighted by Crippen LogP contribution is -2.40. The highest BCUT2D eigenvalue weighted by molar-refractivity contribution is 7.89. The fourth-order valence-electron chi connectivity index (χ4n) is 4.29. The van der Waals surface area contributed by atoms with Crippen LogP contribution in [0.3, 0.4) is 0 Å². The number of nitrogens with one attached hydrogen (secondary N) is 1. The topological polar surface area (TPSA) is 89.3 Å². The van der Waals surface area contributed by atoms with Gasteiger partial charge in [-0.3, -0.25) is 10.1 Å². The molecular formula is C16H22N2O4S. The van der Waals surface area contributed by atoms with Gasteiger partial charge < -0.3 is 0 Å². The smallest absolute Gasteiger partial charge is 0.258 e. The van der Waals surface area contributed by atoms with Crippen LogP contribution < -0.4 is 4.72 Å².